The minimum absolute atomic E-state index is 0.0709. The molecular weight excluding hydrogens is 469 g/mol. The van der Waals surface area contributed by atoms with Crippen LogP contribution in [0.1, 0.15) is 77.6 Å². The Morgan fingerprint density at radius 1 is 1.08 bits per heavy atom. The molecule has 0 aromatic rings. The number of aliphatic hydroxyl groups excluding tert-OH is 1. The van der Waals surface area contributed by atoms with Gasteiger partial charge in [-0.05, 0) is 75.0 Å². The standard InChI is InChI=1S/C27H45F3N4O2/c1-18(25(35)33-24-22-14-20-9-6-10-23(24)21(13-20)15-22)26(36-16-19-7-4-3-5-8-19)34(31-2)12-11-32-17-27(28,29)30/h19-25,32-33,35H,2-17H2,1H3/b26-18-. The number of fused-ring (bicyclic) bond motifs is 2. The lowest BCUT2D eigenvalue weighted by atomic mass is 9.79. The normalized spacial score (nSPS) is 32.1. The van der Waals surface area contributed by atoms with Gasteiger partial charge in [0.25, 0.3) is 0 Å². The molecule has 0 radical (unpaired) electrons. The molecule has 0 aromatic carbocycles. The van der Waals surface area contributed by atoms with E-state index in [1.54, 1.807) is 0 Å². The van der Waals surface area contributed by atoms with Crippen molar-refractivity contribution < 1.29 is 23.0 Å². The molecule has 6 atom stereocenters. The second-order valence-corrected chi connectivity index (χ2v) is 11.6. The highest BCUT2D eigenvalue weighted by atomic mass is 19.4. The molecule has 6 nitrogen and oxygen atoms in total. The highest BCUT2D eigenvalue weighted by molar-refractivity contribution is 5.24. The number of alkyl halides is 3. The van der Waals surface area contributed by atoms with Gasteiger partial charge in [0.15, 0.2) is 0 Å². The van der Waals surface area contributed by atoms with E-state index in [0.717, 1.165) is 24.7 Å². The Balaban J connectivity index is 1.44. The molecule has 0 heterocycles. The van der Waals surface area contributed by atoms with Crippen molar-refractivity contribution in [3.8, 4) is 0 Å². The van der Waals surface area contributed by atoms with Gasteiger partial charge in [0.05, 0.1) is 19.7 Å². The minimum atomic E-state index is -4.27. The summed E-state index contributed by atoms with van der Waals surface area (Å²) in [5, 5.41) is 22.9. The zero-order chi connectivity index (χ0) is 25.7. The maximum atomic E-state index is 12.6. The lowest BCUT2D eigenvalue weighted by Crippen LogP contribution is -2.46. The predicted octanol–water partition coefficient (Wildman–Crippen LogP) is 5.01. The van der Waals surface area contributed by atoms with Gasteiger partial charge < -0.3 is 15.2 Å². The molecule has 206 valence electrons. The van der Waals surface area contributed by atoms with Crippen molar-refractivity contribution in [2.45, 2.75) is 96.0 Å². The van der Waals surface area contributed by atoms with E-state index in [4.69, 9.17) is 4.74 Å². The molecule has 3 bridgehead atoms. The Bertz CT molecular complexity index is 756. The van der Waals surface area contributed by atoms with Crippen LogP contribution in [-0.2, 0) is 4.74 Å². The van der Waals surface area contributed by atoms with Gasteiger partial charge in [-0.1, -0.05) is 32.1 Å². The van der Waals surface area contributed by atoms with Crippen LogP contribution in [0.4, 0.5) is 13.2 Å². The average Bonchev–Trinajstić information content (AvgIpc) is 2.98. The van der Waals surface area contributed by atoms with Crippen molar-refractivity contribution in [2.75, 3.05) is 26.2 Å². The van der Waals surface area contributed by atoms with E-state index in [0.29, 0.717) is 41.9 Å². The first-order valence-corrected chi connectivity index (χ1v) is 14.0. The molecule has 36 heavy (non-hydrogen) atoms. The first kappa shape index (κ1) is 27.7. The molecule has 0 spiro atoms. The summed E-state index contributed by atoms with van der Waals surface area (Å²) in [5.74, 6) is 3.66. The summed E-state index contributed by atoms with van der Waals surface area (Å²) in [6.45, 7) is 5.17. The number of rotatable bonds is 12. The number of ether oxygens (including phenoxy) is 1. The monoisotopic (exact) mass is 514 g/mol. The Morgan fingerprint density at radius 3 is 2.56 bits per heavy atom. The van der Waals surface area contributed by atoms with E-state index in [2.05, 4.69) is 22.5 Å². The van der Waals surface area contributed by atoms with Gasteiger partial charge in [-0.25, -0.2) is 5.01 Å². The summed E-state index contributed by atoms with van der Waals surface area (Å²) in [5.41, 5.74) is 0.614. The second-order valence-electron chi connectivity index (χ2n) is 11.6. The van der Waals surface area contributed by atoms with Crippen LogP contribution in [0.25, 0.3) is 0 Å². The molecule has 4 fully saturated rings. The van der Waals surface area contributed by atoms with E-state index in [1.165, 1.54) is 62.8 Å². The molecule has 0 aromatic heterocycles. The van der Waals surface area contributed by atoms with E-state index < -0.39 is 18.9 Å². The number of nitrogens with one attached hydrogen (secondary N) is 2. The van der Waals surface area contributed by atoms with Crippen LogP contribution in [0.3, 0.4) is 0 Å². The number of halogens is 3. The maximum Gasteiger partial charge on any atom is 0.401 e. The zero-order valence-electron chi connectivity index (χ0n) is 21.7. The van der Waals surface area contributed by atoms with Crippen LogP contribution >= 0.6 is 0 Å². The number of aliphatic hydroxyl groups is 1. The SMILES string of the molecule is C=NN(CCNCC(F)(F)F)/C(OCC1CCCCC1)=C(\C)C(O)NC1C2CC3CCCC1C(C3)C2. The molecule has 6 unspecified atom stereocenters. The summed E-state index contributed by atoms with van der Waals surface area (Å²) in [6.07, 6.45) is 8.35. The fraction of sp³-hybridized carbons (Fsp3) is 0.889. The van der Waals surface area contributed by atoms with Crippen LogP contribution in [0.15, 0.2) is 16.6 Å². The summed E-state index contributed by atoms with van der Waals surface area (Å²) in [6, 6.07) is 0.295. The van der Waals surface area contributed by atoms with Gasteiger partial charge in [-0.15, -0.1) is 0 Å². The fourth-order valence-electron chi connectivity index (χ4n) is 7.39. The van der Waals surface area contributed by atoms with Gasteiger partial charge in [0.1, 0.15) is 6.23 Å². The Labute approximate surface area is 214 Å². The largest absolute Gasteiger partial charge is 0.478 e. The Morgan fingerprint density at radius 2 is 1.83 bits per heavy atom. The average molecular weight is 515 g/mol. The van der Waals surface area contributed by atoms with Crippen LogP contribution in [-0.4, -0.2) is 61.5 Å². The lowest BCUT2D eigenvalue weighted by Gasteiger charge is -2.33. The lowest BCUT2D eigenvalue weighted by molar-refractivity contribution is -0.124. The highest BCUT2D eigenvalue weighted by Crippen LogP contribution is 2.53. The maximum absolute atomic E-state index is 12.6. The summed E-state index contributed by atoms with van der Waals surface area (Å²) < 4.78 is 44.0. The summed E-state index contributed by atoms with van der Waals surface area (Å²) in [7, 11) is 0. The smallest absolute Gasteiger partial charge is 0.401 e. The fourth-order valence-corrected chi connectivity index (χ4v) is 7.39. The van der Waals surface area contributed by atoms with Crippen molar-refractivity contribution in [3.05, 3.63) is 11.5 Å². The molecule has 9 heteroatoms. The molecular formula is C27H45F3N4O2. The number of hydrogen-bond acceptors (Lipinski definition) is 6. The summed E-state index contributed by atoms with van der Waals surface area (Å²) in [4.78, 5) is 0. The van der Waals surface area contributed by atoms with Crippen molar-refractivity contribution >= 4 is 6.72 Å². The third kappa shape index (κ3) is 7.16. The van der Waals surface area contributed by atoms with E-state index >= 15 is 0 Å². The van der Waals surface area contributed by atoms with E-state index in [1.807, 2.05) is 6.92 Å². The van der Waals surface area contributed by atoms with Crippen LogP contribution in [0, 0.1) is 29.6 Å². The molecule has 4 aliphatic carbocycles. The Kier molecular flexibility index (Phi) is 9.61. The van der Waals surface area contributed by atoms with Gasteiger partial charge in [-0.2, -0.15) is 18.3 Å². The minimum Gasteiger partial charge on any atom is -0.478 e. The first-order chi connectivity index (χ1) is 17.2. The molecule has 0 saturated heterocycles. The number of hydrogen-bond donors (Lipinski definition) is 3. The van der Waals surface area contributed by atoms with Crippen LogP contribution < -0.4 is 10.6 Å². The topological polar surface area (TPSA) is 69.1 Å². The van der Waals surface area contributed by atoms with Crippen molar-refractivity contribution in [1.82, 2.24) is 15.6 Å². The molecule has 4 saturated carbocycles. The van der Waals surface area contributed by atoms with E-state index in [-0.39, 0.29) is 13.1 Å². The van der Waals surface area contributed by atoms with Crippen LogP contribution in [0.5, 0.6) is 0 Å². The van der Waals surface area contributed by atoms with E-state index in [9.17, 15) is 18.3 Å². The molecule has 0 amide bonds. The molecule has 0 aliphatic heterocycles. The Hall–Kier alpha value is -1.32. The highest BCUT2D eigenvalue weighted by Gasteiger charge is 2.49. The third-order valence-electron chi connectivity index (χ3n) is 9.11. The number of hydrazone groups is 1. The van der Waals surface area contributed by atoms with Crippen LogP contribution in [0.2, 0.25) is 0 Å². The van der Waals surface area contributed by atoms with Gasteiger partial charge in [0, 0.05) is 24.9 Å². The second kappa shape index (κ2) is 12.5. The predicted molar refractivity (Wildman–Crippen MR) is 135 cm³/mol. The zero-order valence-corrected chi connectivity index (χ0v) is 21.7. The number of nitrogens with zero attached hydrogens (tertiary/aromatic N) is 2. The third-order valence-corrected chi connectivity index (χ3v) is 9.11. The van der Waals surface area contributed by atoms with Gasteiger partial charge >= 0.3 is 6.18 Å². The first-order valence-electron chi connectivity index (χ1n) is 14.0. The molecule has 3 N–H and O–H groups in total. The quantitative estimate of drug-likeness (QED) is 0.112. The van der Waals surface area contributed by atoms with Crippen molar-refractivity contribution in [3.63, 3.8) is 0 Å². The van der Waals surface area contributed by atoms with Gasteiger partial charge in [-0.3, -0.25) is 5.32 Å². The molecule has 4 rings (SSSR count). The molecule has 4 aliphatic rings. The van der Waals surface area contributed by atoms with Crippen molar-refractivity contribution in [1.29, 1.82) is 0 Å². The van der Waals surface area contributed by atoms with Crippen molar-refractivity contribution in [2.24, 2.45) is 34.7 Å². The van der Waals surface area contributed by atoms with Gasteiger partial charge in [0.2, 0.25) is 5.88 Å². The summed E-state index contributed by atoms with van der Waals surface area (Å²) >= 11 is 0.